The maximum absolute atomic E-state index is 11.8. The quantitative estimate of drug-likeness (QED) is 0.844. The molecule has 1 N–H and O–H groups in total. The number of carboxylic acid groups (broad SMARTS) is 1. The maximum Gasteiger partial charge on any atom is 0.330 e. The monoisotopic (exact) mass is 339 g/mol. The van der Waals surface area contributed by atoms with E-state index in [1.54, 1.807) is 12.1 Å². The SMILES string of the molecule is C/C(=C\CSC1=c2ccc(Br)cc2=NC1=O)C(=O)O. The van der Waals surface area contributed by atoms with Gasteiger partial charge < -0.3 is 5.11 Å². The highest BCUT2D eigenvalue weighted by molar-refractivity contribution is 9.10. The molecule has 0 radical (unpaired) electrons. The number of aliphatic carboxylic acids is 1. The Kier molecular flexibility index (Phi) is 4.21. The molecule has 0 aliphatic carbocycles. The third-order valence-electron chi connectivity index (χ3n) is 2.58. The lowest BCUT2D eigenvalue weighted by molar-refractivity contribution is -0.132. The fraction of sp³-hybridized carbons (Fsp3) is 0.154. The van der Waals surface area contributed by atoms with Crippen LogP contribution in [0.25, 0.3) is 4.91 Å². The van der Waals surface area contributed by atoms with Gasteiger partial charge in [-0.2, -0.15) is 0 Å². The van der Waals surface area contributed by atoms with Gasteiger partial charge in [0.25, 0.3) is 5.91 Å². The van der Waals surface area contributed by atoms with Gasteiger partial charge in [0.05, 0.1) is 10.3 Å². The van der Waals surface area contributed by atoms with E-state index in [1.165, 1.54) is 18.7 Å². The second-order valence-electron chi connectivity index (χ2n) is 3.91. The molecule has 1 aliphatic rings. The topological polar surface area (TPSA) is 66.7 Å². The predicted molar refractivity (Wildman–Crippen MR) is 77.2 cm³/mol. The van der Waals surface area contributed by atoms with Crippen LogP contribution >= 0.6 is 27.7 Å². The molecule has 1 heterocycles. The van der Waals surface area contributed by atoms with Crippen LogP contribution < -0.4 is 10.6 Å². The average molecular weight is 340 g/mol. The molecule has 1 amide bonds. The number of carboxylic acids is 1. The summed E-state index contributed by atoms with van der Waals surface area (Å²) in [4.78, 5) is 27.0. The first kappa shape index (κ1) is 14.0. The first-order chi connectivity index (χ1) is 8.99. The van der Waals surface area contributed by atoms with E-state index in [9.17, 15) is 9.59 Å². The maximum atomic E-state index is 11.8. The minimum Gasteiger partial charge on any atom is -0.478 e. The molecule has 1 aromatic rings. The Bertz CT molecular complexity index is 709. The highest BCUT2D eigenvalue weighted by Gasteiger charge is 2.16. The minimum atomic E-state index is -0.947. The molecule has 2 rings (SSSR count). The highest BCUT2D eigenvalue weighted by Crippen LogP contribution is 2.19. The van der Waals surface area contributed by atoms with Gasteiger partial charge in [0, 0.05) is 21.0 Å². The molecule has 0 saturated carbocycles. The second kappa shape index (κ2) is 5.71. The largest absolute Gasteiger partial charge is 0.478 e. The number of hydrogen-bond acceptors (Lipinski definition) is 3. The number of thioether (sulfide) groups is 1. The number of fused-ring (bicyclic) bond motifs is 1. The van der Waals surface area contributed by atoms with E-state index in [-0.39, 0.29) is 11.5 Å². The van der Waals surface area contributed by atoms with Gasteiger partial charge in [-0.15, -0.1) is 11.8 Å². The summed E-state index contributed by atoms with van der Waals surface area (Å²) < 4.78 is 0.871. The van der Waals surface area contributed by atoms with Crippen LogP contribution in [-0.4, -0.2) is 22.7 Å². The van der Waals surface area contributed by atoms with Crippen molar-refractivity contribution < 1.29 is 14.7 Å². The molecule has 0 atom stereocenters. The van der Waals surface area contributed by atoms with E-state index >= 15 is 0 Å². The molecule has 6 heteroatoms. The lowest BCUT2D eigenvalue weighted by Crippen LogP contribution is -2.22. The standard InChI is InChI=1S/C13H10BrNO3S/c1-7(13(17)18)4-5-19-11-9-3-2-8(14)6-10(9)15-12(11)16/h2-4,6H,5H2,1H3,(H,17,18)/b7-4+. The molecule has 98 valence electrons. The van der Waals surface area contributed by atoms with Gasteiger partial charge in [-0.05, 0) is 19.1 Å². The van der Waals surface area contributed by atoms with Gasteiger partial charge in [-0.25, -0.2) is 9.79 Å². The van der Waals surface area contributed by atoms with Crippen LogP contribution in [-0.2, 0) is 9.59 Å². The number of hydrogen-bond donors (Lipinski definition) is 1. The van der Waals surface area contributed by atoms with Crippen molar-refractivity contribution in [1.82, 2.24) is 0 Å². The summed E-state index contributed by atoms with van der Waals surface area (Å²) >= 11 is 4.64. The second-order valence-corrected chi connectivity index (χ2v) is 5.86. The van der Waals surface area contributed by atoms with Crippen LogP contribution in [0.4, 0.5) is 0 Å². The molecule has 0 spiro atoms. The Morgan fingerprint density at radius 3 is 2.95 bits per heavy atom. The number of rotatable bonds is 4. The van der Waals surface area contributed by atoms with Crippen molar-refractivity contribution in [1.29, 1.82) is 0 Å². The fourth-order valence-corrected chi connectivity index (χ4v) is 2.89. The Labute approximate surface area is 122 Å². The number of amides is 1. The highest BCUT2D eigenvalue weighted by atomic mass is 79.9. The summed E-state index contributed by atoms with van der Waals surface area (Å²) in [6.07, 6.45) is 1.59. The molecule has 1 aromatic carbocycles. The van der Waals surface area contributed by atoms with E-state index in [2.05, 4.69) is 20.9 Å². The van der Waals surface area contributed by atoms with Crippen LogP contribution in [0.3, 0.4) is 0 Å². The molecule has 0 fully saturated rings. The number of benzene rings is 1. The summed E-state index contributed by atoms with van der Waals surface area (Å²) in [7, 11) is 0. The first-order valence-electron chi connectivity index (χ1n) is 5.45. The Morgan fingerprint density at radius 1 is 1.53 bits per heavy atom. The smallest absolute Gasteiger partial charge is 0.330 e. The minimum absolute atomic E-state index is 0.264. The molecule has 1 aliphatic heterocycles. The molecule has 0 saturated heterocycles. The van der Waals surface area contributed by atoms with E-state index in [4.69, 9.17) is 5.11 Å². The summed E-state index contributed by atoms with van der Waals surface area (Å²) in [5.41, 5.74) is 0.270. The summed E-state index contributed by atoms with van der Waals surface area (Å²) in [6, 6.07) is 5.48. The summed E-state index contributed by atoms with van der Waals surface area (Å²) in [5, 5.41) is 10.2. The molecule has 19 heavy (non-hydrogen) atoms. The number of carbonyl (C=O) groups is 2. The lowest BCUT2D eigenvalue weighted by Gasteiger charge is -1.97. The Morgan fingerprint density at radius 2 is 2.26 bits per heavy atom. The van der Waals surface area contributed by atoms with Gasteiger partial charge in [-0.3, -0.25) is 4.79 Å². The number of carbonyl (C=O) groups excluding carboxylic acids is 1. The molecule has 0 unspecified atom stereocenters. The van der Waals surface area contributed by atoms with E-state index in [1.807, 2.05) is 12.1 Å². The zero-order valence-electron chi connectivity index (χ0n) is 10.0. The van der Waals surface area contributed by atoms with Gasteiger partial charge in [0.15, 0.2) is 0 Å². The Balaban J connectivity index is 2.26. The van der Waals surface area contributed by atoms with Crippen molar-refractivity contribution >= 4 is 44.5 Å². The van der Waals surface area contributed by atoms with Crippen molar-refractivity contribution in [3.8, 4) is 0 Å². The van der Waals surface area contributed by atoms with E-state index < -0.39 is 5.97 Å². The van der Waals surface area contributed by atoms with Crippen LogP contribution in [0.15, 0.2) is 39.3 Å². The van der Waals surface area contributed by atoms with Gasteiger partial charge in [0.1, 0.15) is 0 Å². The summed E-state index contributed by atoms with van der Waals surface area (Å²) in [6.45, 7) is 1.53. The third kappa shape index (κ3) is 3.13. The van der Waals surface area contributed by atoms with Crippen molar-refractivity contribution in [2.75, 3.05) is 5.75 Å². The molecular weight excluding hydrogens is 330 g/mol. The van der Waals surface area contributed by atoms with Crippen molar-refractivity contribution in [2.24, 2.45) is 4.99 Å². The normalized spacial score (nSPS) is 14.3. The van der Waals surface area contributed by atoms with Crippen molar-refractivity contribution in [3.05, 3.63) is 44.9 Å². The molecule has 0 bridgehead atoms. The molecule has 4 nitrogen and oxygen atoms in total. The first-order valence-corrected chi connectivity index (χ1v) is 7.22. The van der Waals surface area contributed by atoms with Crippen LogP contribution in [0.1, 0.15) is 6.92 Å². The van der Waals surface area contributed by atoms with Gasteiger partial charge in [-0.1, -0.05) is 28.1 Å². The third-order valence-corrected chi connectivity index (χ3v) is 4.08. The fourth-order valence-electron chi connectivity index (χ4n) is 1.54. The van der Waals surface area contributed by atoms with Crippen molar-refractivity contribution in [3.63, 3.8) is 0 Å². The summed E-state index contributed by atoms with van der Waals surface area (Å²) in [5.74, 6) is -0.777. The van der Waals surface area contributed by atoms with Crippen LogP contribution in [0.2, 0.25) is 0 Å². The number of nitrogens with zero attached hydrogens (tertiary/aromatic N) is 1. The van der Waals surface area contributed by atoms with Crippen LogP contribution in [0.5, 0.6) is 0 Å². The van der Waals surface area contributed by atoms with E-state index in [0.29, 0.717) is 16.0 Å². The van der Waals surface area contributed by atoms with Crippen LogP contribution in [0, 0.1) is 0 Å². The molecular formula is C13H10BrNO3S. The van der Waals surface area contributed by atoms with Crippen molar-refractivity contribution in [2.45, 2.75) is 6.92 Å². The zero-order chi connectivity index (χ0) is 14.0. The average Bonchev–Trinajstić information content (AvgIpc) is 2.64. The van der Waals surface area contributed by atoms with Gasteiger partial charge >= 0.3 is 5.97 Å². The lowest BCUT2D eigenvalue weighted by atomic mass is 10.3. The van der Waals surface area contributed by atoms with Gasteiger partial charge in [0.2, 0.25) is 0 Å². The predicted octanol–water partition coefficient (Wildman–Crippen LogP) is 1.48. The molecule has 0 aromatic heterocycles. The zero-order valence-corrected chi connectivity index (χ0v) is 12.4. The van der Waals surface area contributed by atoms with E-state index in [0.717, 1.165) is 9.69 Å². The number of halogens is 1. The Hall–Kier alpha value is -1.40.